The van der Waals surface area contributed by atoms with Gasteiger partial charge in [-0.05, 0) is 39.8 Å². The smallest absolute Gasteiger partial charge is 0.429 e. The Bertz CT molecular complexity index is 795. The van der Waals surface area contributed by atoms with Gasteiger partial charge in [-0.1, -0.05) is 28.1 Å². The van der Waals surface area contributed by atoms with Gasteiger partial charge in [0.1, 0.15) is 0 Å². The van der Waals surface area contributed by atoms with E-state index in [1.165, 1.54) is 0 Å². The van der Waals surface area contributed by atoms with E-state index in [0.29, 0.717) is 0 Å². The summed E-state index contributed by atoms with van der Waals surface area (Å²) in [7, 11) is 0. The van der Waals surface area contributed by atoms with E-state index in [2.05, 4.69) is 26.3 Å². The fraction of sp³-hybridized carbons (Fsp3) is 0.389. The molecule has 0 aliphatic rings. The second-order valence-electron chi connectivity index (χ2n) is 6.19. The molecule has 26 heavy (non-hydrogen) atoms. The van der Waals surface area contributed by atoms with E-state index in [0.717, 1.165) is 25.9 Å². The van der Waals surface area contributed by atoms with Crippen LogP contribution >= 0.6 is 15.9 Å². The van der Waals surface area contributed by atoms with E-state index in [4.69, 9.17) is 9.47 Å². The molecule has 0 aliphatic carbocycles. The number of carbonyl (C=O) groups excluding carboxylic acids is 2. The Balaban J connectivity index is 2.32. The normalized spacial score (nSPS) is 10.9. The summed E-state index contributed by atoms with van der Waals surface area (Å²) >= 11 is 3.49. The van der Waals surface area contributed by atoms with E-state index in [1.807, 2.05) is 24.3 Å². The minimum atomic E-state index is -0.731. The van der Waals surface area contributed by atoms with Gasteiger partial charge in [0.25, 0.3) is 0 Å². The molecule has 1 aromatic carbocycles. The van der Waals surface area contributed by atoms with Gasteiger partial charge in [-0.25, -0.2) is 20.0 Å². The van der Waals surface area contributed by atoms with Gasteiger partial charge in [0.2, 0.25) is 0 Å². The SMILES string of the molecule is CC(C)OC(=O)NN(Cc1c(Br)ccc2cccnc12)C(=O)OC(C)C. The number of hydrazine groups is 1. The molecule has 0 bridgehead atoms. The van der Waals surface area contributed by atoms with Crippen molar-refractivity contribution in [1.29, 1.82) is 0 Å². The van der Waals surface area contributed by atoms with Crippen LogP contribution in [0.4, 0.5) is 9.59 Å². The van der Waals surface area contributed by atoms with Gasteiger partial charge >= 0.3 is 12.2 Å². The van der Waals surface area contributed by atoms with Crippen LogP contribution < -0.4 is 5.43 Å². The number of hydrogen-bond acceptors (Lipinski definition) is 5. The maximum absolute atomic E-state index is 12.4. The van der Waals surface area contributed by atoms with E-state index in [-0.39, 0.29) is 18.8 Å². The lowest BCUT2D eigenvalue weighted by Gasteiger charge is -2.25. The van der Waals surface area contributed by atoms with E-state index in [1.54, 1.807) is 33.9 Å². The number of halogens is 1. The Morgan fingerprint density at radius 3 is 2.50 bits per heavy atom. The minimum Gasteiger partial charge on any atom is -0.446 e. The number of carbonyl (C=O) groups is 2. The van der Waals surface area contributed by atoms with Crippen molar-refractivity contribution in [2.24, 2.45) is 0 Å². The number of aromatic nitrogens is 1. The van der Waals surface area contributed by atoms with Gasteiger partial charge in [0, 0.05) is 21.6 Å². The van der Waals surface area contributed by atoms with Crippen LogP contribution in [0.15, 0.2) is 34.9 Å². The first-order valence-electron chi connectivity index (χ1n) is 8.25. The number of nitrogens with zero attached hydrogens (tertiary/aromatic N) is 2. The lowest BCUT2D eigenvalue weighted by molar-refractivity contribution is 0.0445. The molecule has 1 aromatic heterocycles. The Hall–Kier alpha value is -2.35. The second kappa shape index (κ2) is 8.84. The van der Waals surface area contributed by atoms with E-state index >= 15 is 0 Å². The molecular formula is C18H22BrN3O4. The highest BCUT2D eigenvalue weighted by atomic mass is 79.9. The highest BCUT2D eigenvalue weighted by Crippen LogP contribution is 2.26. The lowest BCUT2D eigenvalue weighted by Crippen LogP contribution is -2.47. The molecule has 1 heterocycles. The van der Waals surface area contributed by atoms with Gasteiger partial charge in [-0.2, -0.15) is 0 Å². The molecule has 2 rings (SSSR count). The number of nitrogens with one attached hydrogen (secondary N) is 1. The fourth-order valence-corrected chi connectivity index (χ4v) is 2.70. The van der Waals surface area contributed by atoms with Crippen LogP contribution in [0.25, 0.3) is 10.9 Å². The third kappa shape index (κ3) is 5.32. The summed E-state index contributed by atoms with van der Waals surface area (Å²) in [6.07, 6.45) is -0.383. The minimum absolute atomic E-state index is 0.0632. The first-order valence-corrected chi connectivity index (χ1v) is 9.04. The molecule has 0 spiro atoms. The van der Waals surface area contributed by atoms with Crippen LogP contribution in [0, 0.1) is 0 Å². The average Bonchev–Trinajstić information content (AvgIpc) is 2.55. The molecule has 2 amide bonds. The van der Waals surface area contributed by atoms with Gasteiger partial charge in [0.15, 0.2) is 0 Å². The van der Waals surface area contributed by atoms with Gasteiger partial charge < -0.3 is 9.47 Å². The average molecular weight is 424 g/mol. The number of rotatable bonds is 4. The third-order valence-electron chi connectivity index (χ3n) is 3.26. The third-order valence-corrected chi connectivity index (χ3v) is 4.01. The highest BCUT2D eigenvalue weighted by molar-refractivity contribution is 9.10. The zero-order chi connectivity index (χ0) is 19.3. The lowest BCUT2D eigenvalue weighted by atomic mass is 10.1. The standard InChI is InChI=1S/C18H22BrN3O4/c1-11(2)25-17(23)21-22(18(24)26-12(3)4)10-14-15(19)8-7-13-6-5-9-20-16(13)14/h5-9,11-12H,10H2,1-4H3,(H,21,23). The van der Waals surface area contributed by atoms with Crippen molar-refractivity contribution in [1.82, 2.24) is 15.4 Å². The van der Waals surface area contributed by atoms with Gasteiger partial charge in [-0.3, -0.25) is 4.98 Å². The van der Waals surface area contributed by atoms with E-state index in [9.17, 15) is 9.59 Å². The van der Waals surface area contributed by atoms with Crippen LogP contribution in [0.1, 0.15) is 33.3 Å². The molecule has 7 nitrogen and oxygen atoms in total. The largest absolute Gasteiger partial charge is 0.446 e. The first kappa shape index (κ1) is 20.0. The number of ether oxygens (including phenoxy) is 2. The summed E-state index contributed by atoms with van der Waals surface area (Å²) in [6, 6.07) is 7.56. The number of hydrogen-bond donors (Lipinski definition) is 1. The molecule has 0 atom stereocenters. The van der Waals surface area contributed by atoms with E-state index < -0.39 is 12.2 Å². The molecule has 0 saturated carbocycles. The molecule has 0 aliphatic heterocycles. The Labute approximate surface area is 160 Å². The molecule has 140 valence electrons. The fourth-order valence-electron chi connectivity index (χ4n) is 2.26. The van der Waals surface area contributed by atoms with Crippen molar-refractivity contribution in [3.05, 3.63) is 40.5 Å². The van der Waals surface area contributed by atoms with Crippen LogP contribution in [0.5, 0.6) is 0 Å². The van der Waals surface area contributed by atoms with Crippen LogP contribution in [0.2, 0.25) is 0 Å². The van der Waals surface area contributed by atoms with Gasteiger partial charge in [0.05, 0.1) is 24.3 Å². The molecular weight excluding hydrogens is 402 g/mol. The van der Waals surface area contributed by atoms with Crippen LogP contribution in [-0.4, -0.2) is 34.4 Å². The molecule has 8 heteroatoms. The first-order chi connectivity index (χ1) is 12.3. The molecule has 0 fully saturated rings. The summed E-state index contributed by atoms with van der Waals surface area (Å²) in [5.41, 5.74) is 3.91. The topological polar surface area (TPSA) is 80.8 Å². The van der Waals surface area contributed by atoms with Crippen LogP contribution in [0.3, 0.4) is 0 Å². The Morgan fingerprint density at radius 2 is 1.85 bits per heavy atom. The predicted octanol–water partition coefficient (Wildman–Crippen LogP) is 4.39. The second-order valence-corrected chi connectivity index (χ2v) is 7.04. The van der Waals surface area contributed by atoms with Gasteiger partial charge in [-0.15, -0.1) is 0 Å². The zero-order valence-electron chi connectivity index (χ0n) is 15.2. The molecule has 0 unspecified atom stereocenters. The summed E-state index contributed by atoms with van der Waals surface area (Å²) < 4.78 is 11.1. The number of benzene rings is 1. The number of amides is 2. The molecule has 1 N–H and O–H groups in total. The zero-order valence-corrected chi connectivity index (χ0v) is 16.7. The summed E-state index contributed by atoms with van der Waals surface area (Å²) in [6.45, 7) is 6.98. The molecule has 0 radical (unpaired) electrons. The Morgan fingerprint density at radius 1 is 1.15 bits per heavy atom. The molecule has 2 aromatic rings. The maximum Gasteiger partial charge on any atom is 0.429 e. The summed E-state index contributed by atoms with van der Waals surface area (Å²) in [5, 5.41) is 2.01. The Kier molecular flexibility index (Phi) is 6.79. The number of pyridine rings is 1. The summed E-state index contributed by atoms with van der Waals surface area (Å²) in [4.78, 5) is 28.8. The van der Waals surface area contributed by atoms with Crippen molar-refractivity contribution < 1.29 is 19.1 Å². The van der Waals surface area contributed by atoms with Crippen LogP contribution in [-0.2, 0) is 16.0 Å². The van der Waals surface area contributed by atoms with Crippen molar-refractivity contribution in [2.75, 3.05) is 0 Å². The van der Waals surface area contributed by atoms with Crippen molar-refractivity contribution >= 4 is 39.0 Å². The quantitative estimate of drug-likeness (QED) is 0.737. The van der Waals surface area contributed by atoms with Crippen molar-refractivity contribution in [3.8, 4) is 0 Å². The molecule has 0 saturated heterocycles. The number of fused-ring (bicyclic) bond motifs is 1. The summed E-state index contributed by atoms with van der Waals surface area (Å²) in [5.74, 6) is 0. The van der Waals surface area contributed by atoms with Crippen molar-refractivity contribution in [2.45, 2.75) is 46.4 Å². The predicted molar refractivity (Wildman–Crippen MR) is 101 cm³/mol. The monoisotopic (exact) mass is 423 g/mol. The highest BCUT2D eigenvalue weighted by Gasteiger charge is 2.23. The van der Waals surface area contributed by atoms with Crippen molar-refractivity contribution in [3.63, 3.8) is 0 Å². The maximum atomic E-state index is 12.4.